The standard InChI is InChI=1S/C14H19NO2S/c1-9-6-10(2)14-12(7-9)18-11(3)8-15(14)5-4-13(16)17/h6-7,11H,4-5,8H2,1-3H3,(H,16,17). The van der Waals surface area contributed by atoms with Gasteiger partial charge in [0.05, 0.1) is 12.1 Å². The van der Waals surface area contributed by atoms with Crippen molar-refractivity contribution >= 4 is 23.4 Å². The number of fused-ring (bicyclic) bond motifs is 1. The van der Waals surface area contributed by atoms with Gasteiger partial charge in [-0.15, -0.1) is 11.8 Å². The summed E-state index contributed by atoms with van der Waals surface area (Å²) in [5, 5.41) is 9.35. The van der Waals surface area contributed by atoms with Crippen LogP contribution in [0.4, 0.5) is 5.69 Å². The second-order valence-corrected chi connectivity index (χ2v) is 6.43. The fourth-order valence-corrected chi connectivity index (χ4v) is 3.85. The number of anilines is 1. The van der Waals surface area contributed by atoms with E-state index in [9.17, 15) is 4.79 Å². The molecule has 98 valence electrons. The molecule has 0 fully saturated rings. The molecule has 0 spiro atoms. The van der Waals surface area contributed by atoms with Crippen LogP contribution in [0.2, 0.25) is 0 Å². The quantitative estimate of drug-likeness (QED) is 0.912. The molecule has 1 atom stereocenters. The Kier molecular flexibility index (Phi) is 3.85. The predicted molar refractivity (Wildman–Crippen MR) is 75.7 cm³/mol. The lowest BCUT2D eigenvalue weighted by molar-refractivity contribution is -0.136. The maximum absolute atomic E-state index is 10.7. The Morgan fingerprint density at radius 2 is 2.22 bits per heavy atom. The topological polar surface area (TPSA) is 40.5 Å². The molecule has 3 nitrogen and oxygen atoms in total. The van der Waals surface area contributed by atoms with E-state index in [2.05, 4.69) is 37.8 Å². The van der Waals surface area contributed by atoms with E-state index in [-0.39, 0.29) is 6.42 Å². The smallest absolute Gasteiger partial charge is 0.305 e. The van der Waals surface area contributed by atoms with E-state index in [1.165, 1.54) is 21.7 Å². The molecule has 0 saturated carbocycles. The maximum Gasteiger partial charge on any atom is 0.305 e. The molecule has 1 heterocycles. The Morgan fingerprint density at radius 1 is 1.50 bits per heavy atom. The number of carboxylic acid groups (broad SMARTS) is 1. The van der Waals surface area contributed by atoms with Crippen LogP contribution in [-0.4, -0.2) is 29.4 Å². The molecule has 4 heteroatoms. The molecule has 1 N–H and O–H groups in total. The lowest BCUT2D eigenvalue weighted by atomic mass is 10.1. The van der Waals surface area contributed by atoms with E-state index in [1.807, 2.05) is 11.8 Å². The molecule has 0 amide bonds. The largest absolute Gasteiger partial charge is 0.481 e. The average molecular weight is 265 g/mol. The summed E-state index contributed by atoms with van der Waals surface area (Å²) in [6.07, 6.45) is 0.199. The van der Waals surface area contributed by atoms with Crippen LogP contribution in [0.1, 0.15) is 24.5 Å². The van der Waals surface area contributed by atoms with Crippen LogP contribution in [0, 0.1) is 13.8 Å². The van der Waals surface area contributed by atoms with Gasteiger partial charge >= 0.3 is 5.97 Å². The minimum Gasteiger partial charge on any atom is -0.481 e. The van der Waals surface area contributed by atoms with Crippen molar-refractivity contribution in [2.75, 3.05) is 18.0 Å². The number of hydrogen-bond acceptors (Lipinski definition) is 3. The van der Waals surface area contributed by atoms with Gasteiger partial charge in [-0.2, -0.15) is 0 Å². The zero-order valence-electron chi connectivity index (χ0n) is 11.1. The van der Waals surface area contributed by atoms with Crippen molar-refractivity contribution < 1.29 is 9.90 Å². The first-order chi connectivity index (χ1) is 8.47. The molecular formula is C14H19NO2S. The zero-order chi connectivity index (χ0) is 13.3. The first-order valence-electron chi connectivity index (χ1n) is 6.22. The highest BCUT2D eigenvalue weighted by Crippen LogP contribution is 2.41. The Balaban J connectivity index is 2.32. The van der Waals surface area contributed by atoms with E-state index in [1.54, 1.807) is 0 Å². The van der Waals surface area contributed by atoms with Gasteiger partial charge in [0.1, 0.15) is 0 Å². The third kappa shape index (κ3) is 2.80. The lowest BCUT2D eigenvalue weighted by Gasteiger charge is -2.35. The predicted octanol–water partition coefficient (Wildman–Crippen LogP) is 3.08. The van der Waals surface area contributed by atoms with Crippen LogP contribution in [0.3, 0.4) is 0 Å². The second-order valence-electron chi connectivity index (χ2n) is 4.95. The molecule has 1 aromatic carbocycles. The highest BCUT2D eigenvalue weighted by atomic mass is 32.2. The molecule has 0 saturated heterocycles. The summed E-state index contributed by atoms with van der Waals surface area (Å²) in [7, 11) is 0. The monoisotopic (exact) mass is 265 g/mol. The normalized spacial score (nSPS) is 18.6. The number of nitrogens with zero attached hydrogens (tertiary/aromatic N) is 1. The summed E-state index contributed by atoms with van der Waals surface area (Å²) >= 11 is 1.89. The molecule has 1 unspecified atom stereocenters. The number of thioether (sulfide) groups is 1. The summed E-state index contributed by atoms with van der Waals surface area (Å²) in [5.74, 6) is -0.729. The van der Waals surface area contributed by atoms with Gasteiger partial charge in [0.2, 0.25) is 0 Å². The first-order valence-corrected chi connectivity index (χ1v) is 7.10. The number of hydrogen-bond donors (Lipinski definition) is 1. The van der Waals surface area contributed by atoms with Crippen LogP contribution in [-0.2, 0) is 4.79 Å². The summed E-state index contributed by atoms with van der Waals surface area (Å²) in [5.41, 5.74) is 3.74. The molecular weight excluding hydrogens is 246 g/mol. The lowest BCUT2D eigenvalue weighted by Crippen LogP contribution is -2.35. The number of carbonyl (C=O) groups is 1. The number of carboxylic acids is 1. The number of rotatable bonds is 3. The molecule has 0 aliphatic carbocycles. The van der Waals surface area contributed by atoms with Crippen LogP contribution in [0.15, 0.2) is 17.0 Å². The average Bonchev–Trinajstić information content (AvgIpc) is 2.24. The van der Waals surface area contributed by atoms with Crippen molar-refractivity contribution in [3.05, 3.63) is 23.3 Å². The minimum atomic E-state index is -0.729. The van der Waals surface area contributed by atoms with Gasteiger partial charge in [-0.25, -0.2) is 0 Å². The molecule has 0 aromatic heterocycles. The van der Waals surface area contributed by atoms with E-state index in [4.69, 9.17) is 5.11 Å². The number of aryl methyl sites for hydroxylation is 2. The Labute approximate surface area is 112 Å². The Bertz CT molecular complexity index is 473. The molecule has 18 heavy (non-hydrogen) atoms. The SMILES string of the molecule is Cc1cc(C)c2c(c1)SC(C)CN2CCC(=O)O. The van der Waals surface area contributed by atoms with Crippen molar-refractivity contribution in [3.63, 3.8) is 0 Å². The highest BCUT2D eigenvalue weighted by Gasteiger charge is 2.24. The van der Waals surface area contributed by atoms with Gasteiger partial charge < -0.3 is 10.0 Å². The molecule has 0 bridgehead atoms. The maximum atomic E-state index is 10.7. The fourth-order valence-electron chi connectivity index (χ4n) is 2.51. The molecule has 1 aromatic rings. The number of benzene rings is 1. The van der Waals surface area contributed by atoms with Crippen molar-refractivity contribution in [2.24, 2.45) is 0 Å². The molecule has 1 aliphatic heterocycles. The number of aliphatic carboxylic acids is 1. The van der Waals surface area contributed by atoms with Gasteiger partial charge in [0, 0.05) is 23.2 Å². The van der Waals surface area contributed by atoms with Gasteiger partial charge in [-0.3, -0.25) is 4.79 Å². The van der Waals surface area contributed by atoms with Crippen LogP contribution in [0.25, 0.3) is 0 Å². The van der Waals surface area contributed by atoms with Gasteiger partial charge in [-0.1, -0.05) is 13.0 Å². The summed E-state index contributed by atoms with van der Waals surface area (Å²) in [4.78, 5) is 14.3. The van der Waals surface area contributed by atoms with Crippen molar-refractivity contribution in [1.82, 2.24) is 0 Å². The molecule has 0 radical (unpaired) electrons. The summed E-state index contributed by atoms with van der Waals surface area (Å²) in [6.45, 7) is 7.93. The van der Waals surface area contributed by atoms with Crippen molar-refractivity contribution in [3.8, 4) is 0 Å². The van der Waals surface area contributed by atoms with E-state index < -0.39 is 5.97 Å². The minimum absolute atomic E-state index is 0.199. The third-order valence-corrected chi connectivity index (χ3v) is 4.24. The van der Waals surface area contributed by atoms with E-state index >= 15 is 0 Å². The van der Waals surface area contributed by atoms with Crippen LogP contribution < -0.4 is 4.90 Å². The van der Waals surface area contributed by atoms with E-state index in [0.29, 0.717) is 11.8 Å². The van der Waals surface area contributed by atoms with Crippen molar-refractivity contribution in [2.45, 2.75) is 37.3 Å². The van der Waals surface area contributed by atoms with Crippen LogP contribution in [0.5, 0.6) is 0 Å². The first kappa shape index (κ1) is 13.3. The van der Waals surface area contributed by atoms with Crippen LogP contribution >= 0.6 is 11.8 Å². The van der Waals surface area contributed by atoms with Gasteiger partial charge in [0.25, 0.3) is 0 Å². The Hall–Kier alpha value is -1.16. The third-order valence-electron chi connectivity index (χ3n) is 3.13. The van der Waals surface area contributed by atoms with Gasteiger partial charge in [0.15, 0.2) is 0 Å². The summed E-state index contributed by atoms with van der Waals surface area (Å²) in [6, 6.07) is 4.37. The van der Waals surface area contributed by atoms with E-state index in [0.717, 1.165) is 6.54 Å². The van der Waals surface area contributed by atoms with Crippen molar-refractivity contribution in [1.29, 1.82) is 0 Å². The second kappa shape index (κ2) is 5.22. The molecule has 2 rings (SSSR count). The molecule has 1 aliphatic rings. The summed E-state index contributed by atoms with van der Waals surface area (Å²) < 4.78 is 0. The van der Waals surface area contributed by atoms with Gasteiger partial charge in [-0.05, 0) is 31.0 Å². The fraction of sp³-hybridized carbons (Fsp3) is 0.500. The Morgan fingerprint density at radius 3 is 2.89 bits per heavy atom. The zero-order valence-corrected chi connectivity index (χ0v) is 11.9. The highest BCUT2D eigenvalue weighted by molar-refractivity contribution is 8.00.